The van der Waals surface area contributed by atoms with Gasteiger partial charge in [0.15, 0.2) is 0 Å². The fraction of sp³-hybridized carbons (Fsp3) is 0.300. The maximum atomic E-state index is 13.0. The summed E-state index contributed by atoms with van der Waals surface area (Å²) in [6.07, 6.45) is 0. The molecule has 0 aliphatic rings. The molecular weight excluding hydrogens is 215 g/mol. The van der Waals surface area contributed by atoms with Gasteiger partial charge in [0.2, 0.25) is 0 Å². The number of nitro benzene ring substituents is 1. The molecule has 6 heteroatoms. The van der Waals surface area contributed by atoms with Gasteiger partial charge >= 0.3 is 0 Å². The van der Waals surface area contributed by atoms with E-state index in [0.29, 0.717) is 0 Å². The van der Waals surface area contributed by atoms with E-state index in [-0.39, 0.29) is 11.6 Å². The molecule has 0 unspecified atom stereocenters. The lowest BCUT2D eigenvalue weighted by Gasteiger charge is -2.07. The number of amides is 1. The maximum Gasteiger partial charge on any atom is 0.273 e. The zero-order chi connectivity index (χ0) is 12.3. The molecule has 0 fully saturated rings. The molecule has 0 aliphatic heterocycles. The first-order valence-electron chi connectivity index (χ1n) is 4.66. The highest BCUT2D eigenvalue weighted by atomic mass is 19.1. The van der Waals surface area contributed by atoms with Gasteiger partial charge in [0.25, 0.3) is 11.6 Å². The van der Waals surface area contributed by atoms with Crippen LogP contribution in [0.1, 0.15) is 24.2 Å². The highest BCUT2D eigenvalue weighted by Crippen LogP contribution is 2.16. The Morgan fingerprint density at radius 3 is 2.56 bits per heavy atom. The molecular formula is C10H11FN2O3. The average Bonchev–Trinajstić information content (AvgIpc) is 2.15. The molecule has 1 aromatic carbocycles. The van der Waals surface area contributed by atoms with Gasteiger partial charge in [-0.25, -0.2) is 4.39 Å². The van der Waals surface area contributed by atoms with Crippen LogP contribution in [0.15, 0.2) is 18.2 Å². The second-order valence-electron chi connectivity index (χ2n) is 3.58. The monoisotopic (exact) mass is 226 g/mol. The van der Waals surface area contributed by atoms with E-state index in [2.05, 4.69) is 5.32 Å². The Kier molecular flexibility index (Phi) is 3.55. The normalized spacial score (nSPS) is 10.2. The van der Waals surface area contributed by atoms with E-state index in [4.69, 9.17) is 0 Å². The Morgan fingerprint density at radius 2 is 2.06 bits per heavy atom. The van der Waals surface area contributed by atoms with Gasteiger partial charge in [-0.05, 0) is 19.9 Å². The highest BCUT2D eigenvalue weighted by molar-refractivity contribution is 5.94. The molecule has 0 saturated carbocycles. The van der Waals surface area contributed by atoms with Crippen molar-refractivity contribution in [1.82, 2.24) is 5.32 Å². The van der Waals surface area contributed by atoms with Crippen LogP contribution in [0.3, 0.4) is 0 Å². The number of rotatable bonds is 3. The minimum atomic E-state index is -0.803. The number of hydrogen-bond donors (Lipinski definition) is 1. The van der Waals surface area contributed by atoms with E-state index in [1.54, 1.807) is 13.8 Å². The predicted molar refractivity (Wildman–Crippen MR) is 55.7 cm³/mol. The lowest BCUT2D eigenvalue weighted by molar-refractivity contribution is -0.385. The zero-order valence-electron chi connectivity index (χ0n) is 8.86. The quantitative estimate of drug-likeness (QED) is 0.631. The second kappa shape index (κ2) is 4.69. The number of non-ortho nitro benzene ring substituents is 1. The largest absolute Gasteiger partial charge is 0.350 e. The number of nitro groups is 1. The van der Waals surface area contributed by atoms with Crippen molar-refractivity contribution in [3.8, 4) is 0 Å². The third-order valence-corrected chi connectivity index (χ3v) is 1.78. The summed E-state index contributed by atoms with van der Waals surface area (Å²) in [5.41, 5.74) is -0.491. The lowest BCUT2D eigenvalue weighted by Crippen LogP contribution is -2.30. The summed E-state index contributed by atoms with van der Waals surface area (Å²) in [6, 6.07) is 2.66. The van der Waals surface area contributed by atoms with Crippen molar-refractivity contribution in [2.24, 2.45) is 0 Å². The summed E-state index contributed by atoms with van der Waals surface area (Å²) >= 11 is 0. The van der Waals surface area contributed by atoms with Crippen molar-refractivity contribution in [3.05, 3.63) is 39.7 Å². The van der Waals surface area contributed by atoms with Crippen LogP contribution < -0.4 is 5.32 Å². The summed E-state index contributed by atoms with van der Waals surface area (Å²) in [7, 11) is 0. The molecule has 1 aromatic rings. The molecule has 1 rings (SSSR count). The number of benzene rings is 1. The molecule has 0 spiro atoms. The highest BCUT2D eigenvalue weighted by Gasteiger charge is 2.14. The average molecular weight is 226 g/mol. The molecule has 1 N–H and O–H groups in total. The van der Waals surface area contributed by atoms with E-state index in [1.165, 1.54) is 0 Å². The van der Waals surface area contributed by atoms with Crippen LogP contribution in [-0.2, 0) is 0 Å². The van der Waals surface area contributed by atoms with Gasteiger partial charge in [-0.15, -0.1) is 0 Å². The number of nitrogens with zero attached hydrogens (tertiary/aromatic N) is 1. The third kappa shape index (κ3) is 3.01. The van der Waals surface area contributed by atoms with Gasteiger partial charge in [0.05, 0.1) is 11.0 Å². The fourth-order valence-electron chi connectivity index (χ4n) is 1.16. The molecule has 1 amide bonds. The van der Waals surface area contributed by atoms with E-state index in [9.17, 15) is 19.3 Å². The van der Waals surface area contributed by atoms with Crippen LogP contribution in [0.2, 0.25) is 0 Å². The van der Waals surface area contributed by atoms with Gasteiger partial charge in [-0.1, -0.05) is 0 Å². The summed E-state index contributed by atoms with van der Waals surface area (Å²) in [5, 5.41) is 13.0. The Balaban J connectivity index is 3.05. The Hall–Kier alpha value is -1.98. The molecule has 0 bridgehead atoms. The van der Waals surface area contributed by atoms with E-state index >= 15 is 0 Å². The third-order valence-electron chi connectivity index (χ3n) is 1.78. The summed E-state index contributed by atoms with van der Waals surface area (Å²) in [4.78, 5) is 21.2. The molecule has 0 aromatic heterocycles. The molecule has 16 heavy (non-hydrogen) atoms. The first-order valence-corrected chi connectivity index (χ1v) is 4.66. The number of hydrogen-bond acceptors (Lipinski definition) is 3. The predicted octanol–water partition coefficient (Wildman–Crippen LogP) is 1.87. The van der Waals surface area contributed by atoms with Gasteiger partial charge in [0, 0.05) is 17.7 Å². The second-order valence-corrected chi connectivity index (χ2v) is 3.58. The maximum absolute atomic E-state index is 13.0. The minimum absolute atomic E-state index is 0.0552. The van der Waals surface area contributed by atoms with Crippen LogP contribution in [0.5, 0.6) is 0 Å². The fourth-order valence-corrected chi connectivity index (χ4v) is 1.16. The SMILES string of the molecule is CC(C)NC(=O)c1cc(F)cc([N+](=O)[O-])c1. The van der Waals surface area contributed by atoms with Crippen LogP contribution in [-0.4, -0.2) is 16.9 Å². The topological polar surface area (TPSA) is 72.2 Å². The van der Waals surface area contributed by atoms with Crippen LogP contribution in [0.4, 0.5) is 10.1 Å². The van der Waals surface area contributed by atoms with Crippen molar-refractivity contribution in [2.75, 3.05) is 0 Å². The smallest absolute Gasteiger partial charge is 0.273 e. The van der Waals surface area contributed by atoms with Gasteiger partial charge in [-0.3, -0.25) is 14.9 Å². The van der Waals surface area contributed by atoms with Crippen molar-refractivity contribution in [3.63, 3.8) is 0 Å². The molecule has 5 nitrogen and oxygen atoms in total. The Bertz CT molecular complexity index is 432. The van der Waals surface area contributed by atoms with Crippen molar-refractivity contribution in [2.45, 2.75) is 19.9 Å². The molecule has 0 radical (unpaired) electrons. The van der Waals surface area contributed by atoms with Crippen LogP contribution in [0, 0.1) is 15.9 Å². The number of carbonyl (C=O) groups is 1. The number of halogens is 1. The van der Waals surface area contributed by atoms with Gasteiger partial charge in [0.1, 0.15) is 5.82 Å². The number of carbonyl (C=O) groups excluding carboxylic acids is 1. The van der Waals surface area contributed by atoms with E-state index in [0.717, 1.165) is 18.2 Å². The summed E-state index contributed by atoms with van der Waals surface area (Å²) in [5.74, 6) is -1.33. The molecule has 0 saturated heterocycles. The lowest BCUT2D eigenvalue weighted by atomic mass is 10.1. The summed E-state index contributed by atoms with van der Waals surface area (Å²) < 4.78 is 13.0. The molecule has 86 valence electrons. The first-order chi connectivity index (χ1) is 7.40. The molecule has 0 heterocycles. The Labute approximate surface area is 91.4 Å². The van der Waals surface area contributed by atoms with Crippen molar-refractivity contribution < 1.29 is 14.1 Å². The van der Waals surface area contributed by atoms with Gasteiger partial charge in [-0.2, -0.15) is 0 Å². The number of nitrogens with one attached hydrogen (secondary N) is 1. The standard InChI is InChI=1S/C10H11FN2O3/c1-6(2)12-10(14)7-3-8(11)5-9(4-7)13(15)16/h3-6H,1-2H3,(H,12,14). The van der Waals surface area contributed by atoms with Gasteiger partial charge < -0.3 is 5.32 Å². The van der Waals surface area contributed by atoms with Crippen LogP contribution >= 0.6 is 0 Å². The van der Waals surface area contributed by atoms with Crippen LogP contribution in [0.25, 0.3) is 0 Å². The Morgan fingerprint density at radius 1 is 1.44 bits per heavy atom. The van der Waals surface area contributed by atoms with E-state index < -0.39 is 22.3 Å². The first kappa shape index (κ1) is 12.1. The molecule has 0 atom stereocenters. The molecule has 0 aliphatic carbocycles. The minimum Gasteiger partial charge on any atom is -0.350 e. The zero-order valence-corrected chi connectivity index (χ0v) is 8.86. The van der Waals surface area contributed by atoms with Crippen molar-refractivity contribution in [1.29, 1.82) is 0 Å². The van der Waals surface area contributed by atoms with Crippen molar-refractivity contribution >= 4 is 11.6 Å². The van der Waals surface area contributed by atoms with E-state index in [1.807, 2.05) is 0 Å². The summed E-state index contributed by atoms with van der Waals surface area (Å²) in [6.45, 7) is 3.48.